The third kappa shape index (κ3) is 6.94. The van der Waals surface area contributed by atoms with E-state index >= 15 is 0 Å². The van der Waals surface area contributed by atoms with E-state index in [0.29, 0.717) is 31.4 Å². The Hall–Kier alpha value is -1.87. The number of halogens is 1. The lowest BCUT2D eigenvalue weighted by Crippen LogP contribution is -2.13. The van der Waals surface area contributed by atoms with Gasteiger partial charge in [0, 0.05) is 22.2 Å². The van der Waals surface area contributed by atoms with Crippen LogP contribution in [0.5, 0.6) is 5.75 Å². The second kappa shape index (κ2) is 11.2. The maximum atomic E-state index is 5.93. The number of amidine groups is 1. The van der Waals surface area contributed by atoms with Crippen molar-refractivity contribution in [2.75, 3.05) is 19.8 Å². The molecule has 1 aliphatic rings. The summed E-state index contributed by atoms with van der Waals surface area (Å²) >= 11 is 4.91. The van der Waals surface area contributed by atoms with Gasteiger partial charge in [-0.3, -0.25) is 0 Å². The molecule has 28 heavy (non-hydrogen) atoms. The molecule has 8 heteroatoms. The van der Waals surface area contributed by atoms with Gasteiger partial charge in [-0.1, -0.05) is 58.0 Å². The largest absolute Gasteiger partial charge is 0.493 e. The van der Waals surface area contributed by atoms with Crippen molar-refractivity contribution in [3.05, 3.63) is 64.1 Å². The maximum absolute atomic E-state index is 5.93. The quantitative estimate of drug-likeness (QED) is 0.361. The monoisotopic (exact) mass is 463 g/mol. The van der Waals surface area contributed by atoms with Crippen LogP contribution in [0.25, 0.3) is 0 Å². The molecule has 2 aromatic carbocycles. The first kappa shape index (κ1) is 20.9. The molecule has 0 amide bonds. The molecule has 148 valence electrons. The van der Waals surface area contributed by atoms with E-state index in [1.54, 1.807) is 6.21 Å². The zero-order chi connectivity index (χ0) is 19.6. The fraction of sp³-hybridized carbons (Fsp3) is 0.300. The fourth-order valence-corrected chi connectivity index (χ4v) is 3.49. The molecule has 0 radical (unpaired) electrons. The Kier molecular flexibility index (Phi) is 8.35. The average Bonchev–Trinajstić information content (AvgIpc) is 3.22. The summed E-state index contributed by atoms with van der Waals surface area (Å²) in [5.41, 5.74) is 7.93. The van der Waals surface area contributed by atoms with Gasteiger partial charge in [-0.15, -0.1) is 5.10 Å². The first-order chi connectivity index (χ1) is 13.7. The van der Waals surface area contributed by atoms with Gasteiger partial charge in [0.15, 0.2) is 11.5 Å². The Morgan fingerprint density at radius 1 is 1.21 bits per heavy atom. The molecular formula is C20H22BrN3O3S. The van der Waals surface area contributed by atoms with E-state index in [2.05, 4.69) is 38.3 Å². The summed E-state index contributed by atoms with van der Waals surface area (Å²) < 4.78 is 17.6. The number of rotatable bonds is 8. The predicted octanol–water partition coefficient (Wildman–Crippen LogP) is 4.17. The van der Waals surface area contributed by atoms with Crippen LogP contribution in [-0.2, 0) is 15.2 Å². The topological polar surface area (TPSA) is 78.4 Å². The molecule has 0 spiro atoms. The normalized spacial score (nSPS) is 15.4. The minimum absolute atomic E-state index is 0.182. The molecule has 0 bridgehead atoms. The Morgan fingerprint density at radius 3 is 2.79 bits per heavy atom. The van der Waals surface area contributed by atoms with Gasteiger partial charge >= 0.3 is 0 Å². The van der Waals surface area contributed by atoms with Gasteiger partial charge in [-0.05, 0) is 23.8 Å². The molecule has 0 aliphatic carbocycles. The number of ether oxygens (including phenoxy) is 3. The van der Waals surface area contributed by atoms with Crippen molar-refractivity contribution in [2.24, 2.45) is 15.9 Å². The smallest absolute Gasteiger partial charge is 0.180 e. The van der Waals surface area contributed by atoms with Crippen molar-refractivity contribution in [2.45, 2.75) is 18.5 Å². The summed E-state index contributed by atoms with van der Waals surface area (Å²) in [6.07, 6.45) is 2.13. The van der Waals surface area contributed by atoms with E-state index in [4.69, 9.17) is 19.9 Å². The Bertz CT molecular complexity index is 812. The minimum Gasteiger partial charge on any atom is -0.493 e. The Balaban J connectivity index is 1.54. The van der Waals surface area contributed by atoms with Crippen LogP contribution in [0.2, 0.25) is 0 Å². The zero-order valence-corrected chi connectivity index (χ0v) is 17.7. The highest BCUT2D eigenvalue weighted by atomic mass is 79.9. The van der Waals surface area contributed by atoms with Crippen LogP contribution in [0.15, 0.2) is 63.2 Å². The number of hydrogen-bond acceptors (Lipinski definition) is 6. The first-order valence-corrected chi connectivity index (χ1v) is 10.7. The van der Waals surface area contributed by atoms with Crippen molar-refractivity contribution in [1.82, 2.24) is 0 Å². The molecule has 2 N–H and O–H groups in total. The summed E-state index contributed by atoms with van der Waals surface area (Å²) in [4.78, 5) is 0. The van der Waals surface area contributed by atoms with Gasteiger partial charge in [0.1, 0.15) is 5.75 Å². The molecule has 2 aromatic rings. The van der Waals surface area contributed by atoms with Crippen molar-refractivity contribution < 1.29 is 14.2 Å². The molecule has 1 fully saturated rings. The SMILES string of the molecule is NC(=NN=Cc1cc(Br)ccc1OCCC1OCCO1)SCc1ccccc1. The number of hydrogen-bond donors (Lipinski definition) is 1. The lowest BCUT2D eigenvalue weighted by atomic mass is 10.2. The zero-order valence-electron chi connectivity index (χ0n) is 15.3. The molecular weight excluding hydrogens is 442 g/mol. The third-order valence-electron chi connectivity index (χ3n) is 3.86. The molecule has 1 aliphatic heterocycles. The predicted molar refractivity (Wildman–Crippen MR) is 117 cm³/mol. The van der Waals surface area contributed by atoms with Gasteiger partial charge in [0.2, 0.25) is 0 Å². The van der Waals surface area contributed by atoms with E-state index in [-0.39, 0.29) is 6.29 Å². The van der Waals surface area contributed by atoms with Gasteiger partial charge in [-0.25, -0.2) is 0 Å². The number of nitrogens with zero attached hydrogens (tertiary/aromatic N) is 2. The van der Waals surface area contributed by atoms with Crippen LogP contribution < -0.4 is 10.5 Å². The summed E-state index contributed by atoms with van der Waals surface area (Å²) in [5.74, 6) is 1.47. The molecule has 0 aromatic heterocycles. The first-order valence-electron chi connectivity index (χ1n) is 8.89. The lowest BCUT2D eigenvalue weighted by molar-refractivity contribution is -0.0531. The number of thioether (sulfide) groups is 1. The van der Waals surface area contributed by atoms with Crippen molar-refractivity contribution >= 4 is 39.1 Å². The maximum Gasteiger partial charge on any atom is 0.180 e. The minimum atomic E-state index is -0.182. The fourth-order valence-electron chi connectivity index (χ4n) is 2.50. The molecule has 0 atom stereocenters. The van der Waals surface area contributed by atoms with Crippen LogP contribution in [0.3, 0.4) is 0 Å². The van der Waals surface area contributed by atoms with Crippen LogP contribution in [0.1, 0.15) is 17.5 Å². The van der Waals surface area contributed by atoms with E-state index in [1.165, 1.54) is 17.3 Å². The van der Waals surface area contributed by atoms with Crippen LogP contribution >= 0.6 is 27.7 Å². The van der Waals surface area contributed by atoms with Gasteiger partial charge in [-0.2, -0.15) is 5.10 Å². The second-order valence-electron chi connectivity index (χ2n) is 5.95. The van der Waals surface area contributed by atoms with Crippen molar-refractivity contribution in [1.29, 1.82) is 0 Å². The number of benzene rings is 2. The molecule has 1 heterocycles. The van der Waals surface area contributed by atoms with Crippen LogP contribution in [0, 0.1) is 0 Å². The molecule has 0 saturated carbocycles. The highest BCUT2D eigenvalue weighted by Gasteiger charge is 2.15. The van der Waals surface area contributed by atoms with Crippen LogP contribution in [-0.4, -0.2) is 37.5 Å². The molecule has 1 saturated heterocycles. The van der Waals surface area contributed by atoms with Gasteiger partial charge in [0.05, 0.1) is 26.0 Å². The summed E-state index contributed by atoms with van der Waals surface area (Å²) in [7, 11) is 0. The van der Waals surface area contributed by atoms with E-state index < -0.39 is 0 Å². The molecule has 6 nitrogen and oxygen atoms in total. The standard InChI is InChI=1S/C20H22BrN3O3S/c21-17-6-7-18(25-9-8-19-26-10-11-27-19)16(12-17)13-23-24-20(22)28-14-15-4-2-1-3-5-15/h1-7,12-13,19H,8-11,14H2,(H2,22,24). The number of nitrogens with two attached hydrogens (primary N) is 1. The Labute approximate surface area is 177 Å². The Morgan fingerprint density at radius 2 is 2.00 bits per heavy atom. The molecule has 3 rings (SSSR count). The van der Waals surface area contributed by atoms with E-state index in [1.807, 2.05) is 36.4 Å². The summed E-state index contributed by atoms with van der Waals surface area (Å²) in [5, 5.41) is 8.58. The molecule has 0 unspecified atom stereocenters. The van der Waals surface area contributed by atoms with Gasteiger partial charge in [0.25, 0.3) is 0 Å². The lowest BCUT2D eigenvalue weighted by Gasteiger charge is -2.12. The summed E-state index contributed by atoms with van der Waals surface area (Å²) in [6, 6.07) is 15.8. The highest BCUT2D eigenvalue weighted by Crippen LogP contribution is 2.22. The van der Waals surface area contributed by atoms with Gasteiger partial charge < -0.3 is 19.9 Å². The summed E-state index contributed by atoms with van der Waals surface area (Å²) in [6.45, 7) is 1.77. The second-order valence-corrected chi connectivity index (χ2v) is 7.86. The highest BCUT2D eigenvalue weighted by molar-refractivity contribution is 9.10. The third-order valence-corrected chi connectivity index (χ3v) is 5.20. The van der Waals surface area contributed by atoms with Crippen LogP contribution in [0.4, 0.5) is 0 Å². The van der Waals surface area contributed by atoms with Crippen molar-refractivity contribution in [3.8, 4) is 5.75 Å². The average molecular weight is 464 g/mol. The van der Waals surface area contributed by atoms with Crippen molar-refractivity contribution in [3.63, 3.8) is 0 Å². The van der Waals surface area contributed by atoms with E-state index in [9.17, 15) is 0 Å². The van der Waals surface area contributed by atoms with E-state index in [0.717, 1.165) is 21.5 Å².